The quantitative estimate of drug-likeness (QED) is 0.749. The Hall–Kier alpha value is -0.730. The van der Waals surface area contributed by atoms with Gasteiger partial charge in [0.05, 0.1) is 0 Å². The van der Waals surface area contributed by atoms with Gasteiger partial charge in [-0.3, -0.25) is 0 Å². The van der Waals surface area contributed by atoms with Gasteiger partial charge in [0.1, 0.15) is 0 Å². The van der Waals surface area contributed by atoms with Crippen molar-refractivity contribution in [2.45, 2.75) is 46.1 Å². The van der Waals surface area contributed by atoms with Crippen molar-refractivity contribution in [1.82, 2.24) is 10.2 Å². The summed E-state index contributed by atoms with van der Waals surface area (Å²) in [7, 11) is 1.84. The third-order valence-corrected chi connectivity index (χ3v) is 3.75. The molecule has 2 amide bonds. The zero-order valence-corrected chi connectivity index (χ0v) is 10.4. The lowest BCUT2D eigenvalue weighted by Gasteiger charge is -2.33. The molecular formula is C12H24N2O. The van der Waals surface area contributed by atoms with E-state index < -0.39 is 0 Å². The first-order valence-corrected chi connectivity index (χ1v) is 6.06. The molecule has 1 N–H and O–H groups in total. The van der Waals surface area contributed by atoms with E-state index in [9.17, 15) is 4.79 Å². The highest BCUT2D eigenvalue weighted by atomic mass is 16.2. The molecule has 0 heterocycles. The number of urea groups is 1. The fourth-order valence-corrected chi connectivity index (χ4v) is 2.11. The zero-order valence-electron chi connectivity index (χ0n) is 10.4. The Morgan fingerprint density at radius 2 is 2.00 bits per heavy atom. The number of amides is 2. The van der Waals surface area contributed by atoms with Crippen molar-refractivity contribution in [3.63, 3.8) is 0 Å². The second kappa shape index (κ2) is 5.38. The number of nitrogens with one attached hydrogen (secondary N) is 1. The molecule has 3 unspecified atom stereocenters. The van der Waals surface area contributed by atoms with Crippen LogP contribution in [0.2, 0.25) is 0 Å². The zero-order chi connectivity index (χ0) is 11.4. The van der Waals surface area contributed by atoms with E-state index in [0.29, 0.717) is 6.04 Å². The van der Waals surface area contributed by atoms with E-state index in [2.05, 4.69) is 19.2 Å². The molecule has 0 bridgehead atoms. The first-order chi connectivity index (χ1) is 7.04. The molecule has 0 aromatic heterocycles. The maximum Gasteiger partial charge on any atom is 0.317 e. The van der Waals surface area contributed by atoms with E-state index in [0.717, 1.165) is 31.2 Å². The van der Waals surface area contributed by atoms with Gasteiger partial charge in [-0.15, -0.1) is 0 Å². The largest absolute Gasteiger partial charge is 0.335 e. The number of nitrogens with zero attached hydrogens (tertiary/aromatic N) is 1. The molecule has 0 aromatic carbocycles. The van der Waals surface area contributed by atoms with Crippen LogP contribution in [-0.4, -0.2) is 30.6 Å². The number of hydrogen-bond donors (Lipinski definition) is 1. The standard InChI is InChI=1S/C12H24N2O/c1-5-14(4)12(15)13-11-7-6-9(2)10(3)8-11/h9-11H,5-8H2,1-4H3,(H,13,15). The fraction of sp³-hybridized carbons (Fsp3) is 0.917. The molecule has 0 spiro atoms. The van der Waals surface area contributed by atoms with E-state index in [1.807, 2.05) is 14.0 Å². The summed E-state index contributed by atoms with van der Waals surface area (Å²) in [5.41, 5.74) is 0. The van der Waals surface area contributed by atoms with Crippen LogP contribution in [0.4, 0.5) is 4.79 Å². The molecule has 1 saturated carbocycles. The minimum atomic E-state index is 0.0734. The molecule has 0 radical (unpaired) electrons. The Kier molecular flexibility index (Phi) is 4.43. The SMILES string of the molecule is CCN(C)C(=O)NC1CCC(C)C(C)C1. The molecule has 3 nitrogen and oxygen atoms in total. The number of rotatable bonds is 2. The maximum absolute atomic E-state index is 11.6. The first kappa shape index (κ1) is 12.3. The van der Waals surface area contributed by atoms with Crippen molar-refractivity contribution >= 4 is 6.03 Å². The van der Waals surface area contributed by atoms with Gasteiger partial charge in [0, 0.05) is 19.6 Å². The molecule has 0 saturated heterocycles. The second-order valence-electron chi connectivity index (χ2n) is 4.93. The summed E-state index contributed by atoms with van der Waals surface area (Å²) in [5, 5.41) is 3.11. The molecule has 3 heteroatoms. The van der Waals surface area contributed by atoms with Gasteiger partial charge in [-0.05, 0) is 38.0 Å². The molecule has 0 aromatic rings. The smallest absolute Gasteiger partial charge is 0.317 e. The van der Waals surface area contributed by atoms with E-state index in [1.54, 1.807) is 4.90 Å². The molecule has 1 fully saturated rings. The average molecular weight is 212 g/mol. The topological polar surface area (TPSA) is 32.3 Å². The lowest BCUT2D eigenvalue weighted by molar-refractivity contribution is 0.187. The van der Waals surface area contributed by atoms with Crippen LogP contribution in [0.5, 0.6) is 0 Å². The van der Waals surface area contributed by atoms with Crippen LogP contribution in [0.1, 0.15) is 40.0 Å². The number of carbonyl (C=O) groups is 1. The van der Waals surface area contributed by atoms with E-state index in [4.69, 9.17) is 0 Å². The maximum atomic E-state index is 11.6. The molecule has 1 rings (SSSR count). The van der Waals surface area contributed by atoms with Crippen LogP contribution in [0.25, 0.3) is 0 Å². The summed E-state index contributed by atoms with van der Waals surface area (Å²) >= 11 is 0. The second-order valence-corrected chi connectivity index (χ2v) is 4.93. The van der Waals surface area contributed by atoms with E-state index in [-0.39, 0.29) is 6.03 Å². The van der Waals surface area contributed by atoms with Crippen LogP contribution < -0.4 is 5.32 Å². The molecule has 0 aliphatic heterocycles. The van der Waals surface area contributed by atoms with Gasteiger partial charge >= 0.3 is 6.03 Å². The summed E-state index contributed by atoms with van der Waals surface area (Å²) in [6.45, 7) is 7.35. The average Bonchev–Trinajstić information content (AvgIpc) is 2.22. The third kappa shape index (κ3) is 3.40. The molecular weight excluding hydrogens is 188 g/mol. The van der Waals surface area contributed by atoms with Crippen molar-refractivity contribution in [2.24, 2.45) is 11.8 Å². The summed E-state index contributed by atoms with van der Waals surface area (Å²) < 4.78 is 0. The van der Waals surface area contributed by atoms with Crippen molar-refractivity contribution in [3.8, 4) is 0 Å². The first-order valence-electron chi connectivity index (χ1n) is 6.06. The highest BCUT2D eigenvalue weighted by Crippen LogP contribution is 2.29. The lowest BCUT2D eigenvalue weighted by Crippen LogP contribution is -2.45. The van der Waals surface area contributed by atoms with E-state index >= 15 is 0 Å². The van der Waals surface area contributed by atoms with Gasteiger partial charge in [-0.25, -0.2) is 4.79 Å². The van der Waals surface area contributed by atoms with Gasteiger partial charge < -0.3 is 10.2 Å². The highest BCUT2D eigenvalue weighted by Gasteiger charge is 2.25. The van der Waals surface area contributed by atoms with Crippen molar-refractivity contribution in [1.29, 1.82) is 0 Å². The number of hydrogen-bond acceptors (Lipinski definition) is 1. The van der Waals surface area contributed by atoms with Gasteiger partial charge in [0.15, 0.2) is 0 Å². The Bertz CT molecular complexity index is 218. The summed E-state index contributed by atoms with van der Waals surface area (Å²) in [6, 6.07) is 0.460. The molecule has 15 heavy (non-hydrogen) atoms. The lowest BCUT2D eigenvalue weighted by atomic mass is 9.79. The van der Waals surface area contributed by atoms with Gasteiger partial charge in [0.25, 0.3) is 0 Å². The van der Waals surface area contributed by atoms with Gasteiger partial charge in [-0.1, -0.05) is 13.8 Å². The van der Waals surface area contributed by atoms with Crippen molar-refractivity contribution in [3.05, 3.63) is 0 Å². The Morgan fingerprint density at radius 1 is 1.33 bits per heavy atom. The van der Waals surface area contributed by atoms with Crippen LogP contribution in [0, 0.1) is 11.8 Å². The molecule has 1 aliphatic rings. The highest BCUT2D eigenvalue weighted by molar-refractivity contribution is 5.74. The monoisotopic (exact) mass is 212 g/mol. The van der Waals surface area contributed by atoms with Crippen LogP contribution in [-0.2, 0) is 0 Å². The van der Waals surface area contributed by atoms with Crippen molar-refractivity contribution in [2.75, 3.05) is 13.6 Å². The summed E-state index contributed by atoms with van der Waals surface area (Å²) in [5.74, 6) is 1.54. The van der Waals surface area contributed by atoms with Crippen molar-refractivity contribution < 1.29 is 4.79 Å². The van der Waals surface area contributed by atoms with Crippen LogP contribution >= 0.6 is 0 Å². The normalized spacial score (nSPS) is 31.1. The third-order valence-electron chi connectivity index (χ3n) is 3.75. The Morgan fingerprint density at radius 3 is 2.53 bits per heavy atom. The number of carbonyl (C=O) groups excluding carboxylic acids is 1. The molecule has 1 aliphatic carbocycles. The Balaban J connectivity index is 2.36. The summed E-state index contributed by atoms with van der Waals surface area (Å²) in [4.78, 5) is 13.4. The predicted molar refractivity (Wildman–Crippen MR) is 62.8 cm³/mol. The van der Waals surface area contributed by atoms with Gasteiger partial charge in [-0.2, -0.15) is 0 Å². The Labute approximate surface area is 93.2 Å². The van der Waals surface area contributed by atoms with E-state index in [1.165, 1.54) is 6.42 Å². The molecule has 88 valence electrons. The minimum absolute atomic E-state index is 0.0734. The summed E-state index contributed by atoms with van der Waals surface area (Å²) in [6.07, 6.45) is 3.50. The van der Waals surface area contributed by atoms with Gasteiger partial charge in [0.2, 0.25) is 0 Å². The molecule has 3 atom stereocenters. The van der Waals surface area contributed by atoms with Crippen LogP contribution in [0.3, 0.4) is 0 Å². The minimum Gasteiger partial charge on any atom is -0.335 e. The predicted octanol–water partition coefficient (Wildman–Crippen LogP) is 2.47. The van der Waals surface area contributed by atoms with Crippen LogP contribution in [0.15, 0.2) is 0 Å². The fourth-order valence-electron chi connectivity index (χ4n) is 2.11.